The average Bonchev–Trinajstić information content (AvgIpc) is 3.53. The van der Waals surface area contributed by atoms with Gasteiger partial charge in [0.05, 0.1) is 24.0 Å². The molecule has 2 atom stereocenters. The van der Waals surface area contributed by atoms with Crippen molar-refractivity contribution < 1.29 is 14.4 Å². The van der Waals surface area contributed by atoms with Gasteiger partial charge < -0.3 is 14.9 Å². The summed E-state index contributed by atoms with van der Waals surface area (Å²) in [4.78, 5) is 29.9. The van der Waals surface area contributed by atoms with E-state index < -0.39 is 34.7 Å². The molecule has 0 saturated heterocycles. The van der Waals surface area contributed by atoms with Crippen molar-refractivity contribution in [2.45, 2.75) is 18.8 Å². The number of rotatable bonds is 6. The van der Waals surface area contributed by atoms with Crippen LogP contribution in [0.5, 0.6) is 5.75 Å². The predicted molar refractivity (Wildman–Crippen MR) is 116 cm³/mol. The number of carbonyl (C=O) groups excluding carboxylic acids is 1. The van der Waals surface area contributed by atoms with E-state index in [0.29, 0.717) is 11.1 Å². The van der Waals surface area contributed by atoms with Crippen LogP contribution in [-0.2, 0) is 7.05 Å². The Labute approximate surface area is 187 Å². The molecule has 0 fully saturated rings. The molecule has 0 aliphatic heterocycles. The quantitative estimate of drug-likeness (QED) is 0.407. The molecule has 0 aliphatic carbocycles. The number of nitriles is 1. The van der Waals surface area contributed by atoms with Crippen molar-refractivity contribution >= 4 is 11.6 Å². The zero-order valence-electron chi connectivity index (χ0n) is 17.7. The lowest BCUT2D eigenvalue weighted by Gasteiger charge is -2.26. The fraction of sp³-hybridized carbons (Fsp3) is 0.182. The number of benzene rings is 1. The third-order valence-corrected chi connectivity index (χ3v) is 5.41. The van der Waals surface area contributed by atoms with Crippen molar-refractivity contribution in [2.75, 3.05) is 5.32 Å². The summed E-state index contributed by atoms with van der Waals surface area (Å²) in [6, 6.07) is 9.31. The molecule has 0 unspecified atom stereocenters. The van der Waals surface area contributed by atoms with E-state index in [-0.39, 0.29) is 11.5 Å². The van der Waals surface area contributed by atoms with Gasteiger partial charge in [0.1, 0.15) is 17.8 Å². The van der Waals surface area contributed by atoms with E-state index in [9.17, 15) is 20.0 Å². The van der Waals surface area contributed by atoms with Gasteiger partial charge in [-0.15, -0.1) is 0 Å². The van der Waals surface area contributed by atoms with Crippen LogP contribution in [0, 0.1) is 11.3 Å². The highest BCUT2D eigenvalue weighted by Crippen LogP contribution is 2.38. The minimum Gasteiger partial charge on any atom is -0.501 e. The van der Waals surface area contributed by atoms with Crippen LogP contribution in [-0.4, -0.2) is 35.9 Å². The van der Waals surface area contributed by atoms with Crippen LogP contribution in [0.3, 0.4) is 0 Å². The van der Waals surface area contributed by atoms with Crippen LogP contribution >= 0.6 is 0 Å². The maximum atomic E-state index is 12.8. The first-order valence-corrected chi connectivity index (χ1v) is 9.90. The molecule has 0 bridgehead atoms. The van der Waals surface area contributed by atoms with E-state index in [1.54, 1.807) is 24.5 Å². The Morgan fingerprint density at radius 1 is 1.33 bits per heavy atom. The molecular formula is C22H19N7O4. The summed E-state index contributed by atoms with van der Waals surface area (Å²) in [5.74, 6) is -2.24. The van der Waals surface area contributed by atoms with Gasteiger partial charge in [0.15, 0.2) is 5.69 Å². The molecule has 1 aromatic carbocycles. The lowest BCUT2D eigenvalue weighted by atomic mass is 9.80. The second kappa shape index (κ2) is 8.80. The minimum atomic E-state index is -0.792. The smallest absolute Gasteiger partial charge is 0.296 e. The SMILES string of the molecule is C[C@H](c1nc(C(=O)Nc2cnoc2)c(O)c(=O)n1C)[C@@H](c1cn[nH]c1)c1ccccc1C#N. The number of carbonyl (C=O) groups is 1. The number of hydrogen-bond donors (Lipinski definition) is 3. The number of aromatic amines is 1. The number of aromatic hydroxyl groups is 1. The summed E-state index contributed by atoms with van der Waals surface area (Å²) in [6.45, 7) is 1.83. The summed E-state index contributed by atoms with van der Waals surface area (Å²) in [5.41, 5.74) is 0.984. The number of amides is 1. The summed E-state index contributed by atoms with van der Waals surface area (Å²) in [5, 5.41) is 32.8. The molecule has 11 nitrogen and oxygen atoms in total. The van der Waals surface area contributed by atoms with Crippen LogP contribution in [0.15, 0.2) is 58.4 Å². The Morgan fingerprint density at radius 2 is 2.12 bits per heavy atom. The van der Waals surface area contributed by atoms with Gasteiger partial charge in [-0.05, 0) is 17.2 Å². The zero-order valence-corrected chi connectivity index (χ0v) is 17.7. The highest BCUT2D eigenvalue weighted by atomic mass is 16.5. The molecule has 1 amide bonds. The second-order valence-corrected chi connectivity index (χ2v) is 7.40. The van der Waals surface area contributed by atoms with Crippen molar-refractivity contribution in [3.8, 4) is 11.8 Å². The summed E-state index contributed by atoms with van der Waals surface area (Å²) in [6.07, 6.45) is 5.81. The largest absolute Gasteiger partial charge is 0.501 e. The number of aromatic nitrogens is 5. The van der Waals surface area contributed by atoms with E-state index >= 15 is 0 Å². The van der Waals surface area contributed by atoms with Crippen molar-refractivity contribution in [3.05, 3.63) is 87.7 Å². The van der Waals surface area contributed by atoms with Crippen LogP contribution < -0.4 is 10.9 Å². The Kier molecular flexibility index (Phi) is 5.73. The molecule has 0 radical (unpaired) electrons. The van der Waals surface area contributed by atoms with Gasteiger partial charge >= 0.3 is 0 Å². The van der Waals surface area contributed by atoms with Gasteiger partial charge in [-0.25, -0.2) is 4.98 Å². The first-order chi connectivity index (χ1) is 15.9. The second-order valence-electron chi connectivity index (χ2n) is 7.40. The molecule has 4 aromatic rings. The topological polar surface area (TPSA) is 163 Å². The van der Waals surface area contributed by atoms with Gasteiger partial charge in [0.2, 0.25) is 5.75 Å². The normalized spacial score (nSPS) is 12.6. The summed E-state index contributed by atoms with van der Waals surface area (Å²) >= 11 is 0. The lowest BCUT2D eigenvalue weighted by molar-refractivity contribution is 0.101. The third-order valence-electron chi connectivity index (χ3n) is 5.41. The zero-order chi connectivity index (χ0) is 23.5. The molecule has 3 N–H and O–H groups in total. The fourth-order valence-electron chi connectivity index (χ4n) is 3.82. The maximum absolute atomic E-state index is 12.8. The number of H-pyrrole nitrogens is 1. The van der Waals surface area contributed by atoms with E-state index in [0.717, 1.165) is 5.56 Å². The lowest BCUT2D eigenvalue weighted by Crippen LogP contribution is -2.29. The fourth-order valence-corrected chi connectivity index (χ4v) is 3.82. The highest BCUT2D eigenvalue weighted by molar-refractivity contribution is 6.04. The van der Waals surface area contributed by atoms with Gasteiger partial charge in [0.25, 0.3) is 11.5 Å². The molecule has 166 valence electrons. The van der Waals surface area contributed by atoms with Gasteiger partial charge in [-0.2, -0.15) is 10.4 Å². The van der Waals surface area contributed by atoms with Crippen molar-refractivity contribution in [1.29, 1.82) is 5.26 Å². The van der Waals surface area contributed by atoms with Crippen molar-refractivity contribution in [3.63, 3.8) is 0 Å². The number of nitrogens with zero attached hydrogens (tertiary/aromatic N) is 5. The van der Waals surface area contributed by atoms with Crippen LogP contribution in [0.4, 0.5) is 5.69 Å². The molecule has 3 heterocycles. The van der Waals surface area contributed by atoms with E-state index in [1.165, 1.54) is 24.1 Å². The Bertz CT molecular complexity index is 1390. The molecule has 11 heteroatoms. The first-order valence-electron chi connectivity index (χ1n) is 9.90. The maximum Gasteiger partial charge on any atom is 0.296 e. The van der Waals surface area contributed by atoms with Crippen LogP contribution in [0.25, 0.3) is 0 Å². The van der Waals surface area contributed by atoms with Crippen LogP contribution in [0.2, 0.25) is 0 Å². The molecule has 4 rings (SSSR count). The number of nitrogens with one attached hydrogen (secondary N) is 2. The predicted octanol–water partition coefficient (Wildman–Crippen LogP) is 2.26. The summed E-state index contributed by atoms with van der Waals surface area (Å²) < 4.78 is 5.87. The molecular weight excluding hydrogens is 426 g/mol. The number of hydrogen-bond acceptors (Lipinski definition) is 8. The van der Waals surface area contributed by atoms with Gasteiger partial charge in [0, 0.05) is 25.1 Å². The third kappa shape index (κ3) is 3.97. The van der Waals surface area contributed by atoms with E-state index in [4.69, 9.17) is 0 Å². The van der Waals surface area contributed by atoms with E-state index in [2.05, 4.69) is 36.2 Å². The average molecular weight is 445 g/mol. The van der Waals surface area contributed by atoms with E-state index in [1.807, 2.05) is 19.1 Å². The molecule has 33 heavy (non-hydrogen) atoms. The Hall–Kier alpha value is -4.72. The molecule has 3 aromatic heterocycles. The van der Waals surface area contributed by atoms with Gasteiger partial charge in [-0.3, -0.25) is 19.3 Å². The minimum absolute atomic E-state index is 0.243. The highest BCUT2D eigenvalue weighted by Gasteiger charge is 2.31. The standard InChI is InChI=1S/C22H19N7O4/c1-12(17(14-8-24-25-9-14)16-6-4-3-5-13(16)7-23)20-28-18(19(30)22(32)29(20)2)21(31)27-15-10-26-33-11-15/h3-6,8-12,17,30H,1-2H3,(H,24,25)(H,27,31)/t12-,17-/m0/s1. The Balaban J connectivity index is 1.84. The first kappa shape index (κ1) is 21.5. The van der Waals surface area contributed by atoms with Crippen molar-refractivity contribution in [1.82, 2.24) is 24.9 Å². The monoisotopic (exact) mass is 445 g/mol. The van der Waals surface area contributed by atoms with Crippen molar-refractivity contribution in [2.24, 2.45) is 7.05 Å². The molecule has 0 spiro atoms. The molecule has 0 aliphatic rings. The Morgan fingerprint density at radius 3 is 2.79 bits per heavy atom. The van der Waals surface area contributed by atoms with Gasteiger partial charge in [-0.1, -0.05) is 30.3 Å². The molecule has 0 saturated carbocycles. The number of anilines is 1. The summed E-state index contributed by atoms with van der Waals surface area (Å²) in [7, 11) is 1.46. The van der Waals surface area contributed by atoms with Crippen LogP contribution in [0.1, 0.15) is 51.8 Å².